The first-order chi connectivity index (χ1) is 12.1. The molecule has 0 aromatic heterocycles. The minimum Gasteiger partial charge on any atom is -0.481 e. The number of carboxylic acid groups (broad SMARTS) is 1. The van der Waals surface area contributed by atoms with Crippen LogP contribution in [0, 0.1) is 5.82 Å². The third-order valence-corrected chi connectivity index (χ3v) is 4.56. The molecule has 0 aliphatic rings. The minimum atomic E-state index is -0.942. The largest absolute Gasteiger partial charge is 0.481 e. The van der Waals surface area contributed by atoms with E-state index in [0.717, 1.165) is 10.6 Å². The Balaban J connectivity index is 2.02. The second kappa shape index (κ2) is 7.57. The van der Waals surface area contributed by atoms with Crippen LogP contribution in [0.25, 0.3) is 10.8 Å². The molecule has 5 heteroatoms. The van der Waals surface area contributed by atoms with Crippen molar-refractivity contribution < 1.29 is 19.0 Å². The molecule has 0 bridgehead atoms. The predicted molar refractivity (Wildman–Crippen MR) is 98.2 cm³/mol. The van der Waals surface area contributed by atoms with Gasteiger partial charge in [0.05, 0.1) is 11.8 Å². The Hall–Kier alpha value is -2.53. The molecule has 0 saturated carbocycles. The Morgan fingerprint density at radius 2 is 1.92 bits per heavy atom. The minimum absolute atomic E-state index is 0.144. The lowest BCUT2D eigenvalue weighted by Gasteiger charge is -2.12. The number of carbonyl (C=O) groups is 1. The molecule has 3 aromatic rings. The second-order valence-electron chi connectivity index (χ2n) is 5.51. The summed E-state index contributed by atoms with van der Waals surface area (Å²) in [7, 11) is 0. The molecule has 0 unspecified atom stereocenters. The summed E-state index contributed by atoms with van der Waals surface area (Å²) in [5.41, 5.74) is 0.568. The molecule has 0 amide bonds. The van der Waals surface area contributed by atoms with Gasteiger partial charge in [-0.05, 0) is 53.1 Å². The molecule has 128 valence electrons. The van der Waals surface area contributed by atoms with Crippen LogP contribution in [0.3, 0.4) is 0 Å². The van der Waals surface area contributed by atoms with Crippen molar-refractivity contribution in [2.45, 2.75) is 18.2 Å². The van der Waals surface area contributed by atoms with Gasteiger partial charge in [0, 0.05) is 4.90 Å². The first kappa shape index (κ1) is 17.3. The number of carboxylic acids is 1. The normalized spacial score (nSPS) is 10.8. The highest BCUT2D eigenvalue weighted by molar-refractivity contribution is 7.99. The van der Waals surface area contributed by atoms with E-state index in [1.165, 1.54) is 6.07 Å². The van der Waals surface area contributed by atoms with Gasteiger partial charge in [0.2, 0.25) is 0 Å². The Kier molecular flexibility index (Phi) is 5.24. The quantitative estimate of drug-likeness (QED) is 0.592. The zero-order valence-electron chi connectivity index (χ0n) is 13.7. The van der Waals surface area contributed by atoms with Crippen LogP contribution in [0.4, 0.5) is 4.39 Å². The molecule has 1 N–H and O–H groups in total. The first-order valence-corrected chi connectivity index (χ1v) is 8.89. The molecule has 0 heterocycles. The fourth-order valence-corrected chi connectivity index (χ4v) is 3.32. The number of hydrogen-bond acceptors (Lipinski definition) is 3. The molecular weight excluding hydrogens is 339 g/mol. The molecule has 0 spiro atoms. The Bertz CT molecular complexity index is 907. The van der Waals surface area contributed by atoms with Crippen molar-refractivity contribution >= 4 is 28.5 Å². The van der Waals surface area contributed by atoms with Crippen LogP contribution in [0.15, 0.2) is 59.5 Å². The average Bonchev–Trinajstić information content (AvgIpc) is 2.56. The summed E-state index contributed by atoms with van der Waals surface area (Å²) >= 11 is 1.72. The number of halogens is 1. The first-order valence-electron chi connectivity index (χ1n) is 7.90. The van der Waals surface area contributed by atoms with Crippen LogP contribution >= 0.6 is 11.8 Å². The second-order valence-corrected chi connectivity index (χ2v) is 6.85. The number of benzene rings is 3. The van der Waals surface area contributed by atoms with Gasteiger partial charge in [-0.3, -0.25) is 4.79 Å². The smallest absolute Gasteiger partial charge is 0.307 e. The molecule has 0 radical (unpaired) electrons. The van der Waals surface area contributed by atoms with Crippen molar-refractivity contribution in [3.05, 3.63) is 66.0 Å². The molecule has 3 aromatic carbocycles. The maximum absolute atomic E-state index is 14.3. The van der Waals surface area contributed by atoms with Gasteiger partial charge in [0.25, 0.3) is 0 Å². The number of aliphatic carboxylic acids is 1. The predicted octanol–water partition coefficient (Wildman–Crippen LogP) is 5.51. The van der Waals surface area contributed by atoms with E-state index < -0.39 is 11.8 Å². The SMILES string of the molecule is CCSc1ccc(Oc2cc(CC(=O)O)cc3cccc(F)c23)cc1. The van der Waals surface area contributed by atoms with Gasteiger partial charge in [-0.1, -0.05) is 25.1 Å². The maximum atomic E-state index is 14.3. The van der Waals surface area contributed by atoms with Gasteiger partial charge >= 0.3 is 5.97 Å². The van der Waals surface area contributed by atoms with Gasteiger partial charge < -0.3 is 9.84 Å². The number of thioether (sulfide) groups is 1. The van der Waals surface area contributed by atoms with Crippen LogP contribution in [0.1, 0.15) is 12.5 Å². The lowest BCUT2D eigenvalue weighted by Crippen LogP contribution is -2.01. The summed E-state index contributed by atoms with van der Waals surface area (Å²) in [6.07, 6.45) is -0.144. The Morgan fingerprint density at radius 3 is 2.60 bits per heavy atom. The Morgan fingerprint density at radius 1 is 1.16 bits per heavy atom. The van der Waals surface area contributed by atoms with E-state index in [0.29, 0.717) is 27.8 Å². The lowest BCUT2D eigenvalue weighted by molar-refractivity contribution is -0.136. The van der Waals surface area contributed by atoms with E-state index in [-0.39, 0.29) is 6.42 Å². The fourth-order valence-electron chi connectivity index (χ4n) is 2.66. The monoisotopic (exact) mass is 356 g/mol. The summed E-state index contributed by atoms with van der Waals surface area (Å²) in [5, 5.41) is 10.0. The standard InChI is InChI=1S/C20H17FO3S/c1-2-25-16-8-6-15(7-9-16)24-18-11-13(12-19(22)23)10-14-4-3-5-17(21)20(14)18/h3-11H,2,12H2,1H3,(H,22,23). The van der Waals surface area contributed by atoms with E-state index in [9.17, 15) is 9.18 Å². The van der Waals surface area contributed by atoms with Gasteiger partial charge in [-0.2, -0.15) is 0 Å². The van der Waals surface area contributed by atoms with Crippen LogP contribution in [-0.2, 0) is 11.2 Å². The summed E-state index contributed by atoms with van der Waals surface area (Å²) in [6, 6.07) is 15.5. The number of fused-ring (bicyclic) bond motifs is 1. The highest BCUT2D eigenvalue weighted by atomic mass is 32.2. The third-order valence-electron chi connectivity index (χ3n) is 3.67. The highest BCUT2D eigenvalue weighted by Crippen LogP contribution is 2.34. The van der Waals surface area contributed by atoms with Crippen molar-refractivity contribution in [3.63, 3.8) is 0 Å². The van der Waals surface area contributed by atoms with Crippen molar-refractivity contribution in [3.8, 4) is 11.5 Å². The summed E-state index contributed by atoms with van der Waals surface area (Å²) in [4.78, 5) is 12.2. The molecule has 0 saturated heterocycles. The molecular formula is C20H17FO3S. The summed E-state index contributed by atoms with van der Waals surface area (Å²) in [5.74, 6) is 0.545. The number of ether oxygens (including phenoxy) is 1. The van der Waals surface area contributed by atoms with E-state index in [1.54, 1.807) is 36.0 Å². The van der Waals surface area contributed by atoms with Crippen molar-refractivity contribution in [1.29, 1.82) is 0 Å². The number of hydrogen-bond donors (Lipinski definition) is 1. The van der Waals surface area contributed by atoms with Crippen LogP contribution < -0.4 is 4.74 Å². The zero-order chi connectivity index (χ0) is 17.8. The Labute approximate surface area is 149 Å². The average molecular weight is 356 g/mol. The molecule has 0 aliphatic heterocycles. The third kappa shape index (κ3) is 4.12. The molecule has 25 heavy (non-hydrogen) atoms. The summed E-state index contributed by atoms with van der Waals surface area (Å²) in [6.45, 7) is 2.08. The molecule has 0 aliphatic carbocycles. The van der Waals surface area contributed by atoms with E-state index in [2.05, 4.69) is 6.92 Å². The fraction of sp³-hybridized carbons (Fsp3) is 0.150. The zero-order valence-corrected chi connectivity index (χ0v) is 14.5. The van der Waals surface area contributed by atoms with Crippen LogP contribution in [-0.4, -0.2) is 16.8 Å². The number of rotatable bonds is 6. The van der Waals surface area contributed by atoms with Gasteiger partial charge in [-0.25, -0.2) is 4.39 Å². The topological polar surface area (TPSA) is 46.5 Å². The maximum Gasteiger partial charge on any atom is 0.307 e. The summed E-state index contributed by atoms with van der Waals surface area (Å²) < 4.78 is 20.2. The van der Waals surface area contributed by atoms with Crippen LogP contribution in [0.5, 0.6) is 11.5 Å². The van der Waals surface area contributed by atoms with Gasteiger partial charge in [-0.15, -0.1) is 11.8 Å². The van der Waals surface area contributed by atoms with E-state index >= 15 is 0 Å². The van der Waals surface area contributed by atoms with Crippen molar-refractivity contribution in [2.24, 2.45) is 0 Å². The molecule has 0 atom stereocenters. The van der Waals surface area contributed by atoms with E-state index in [4.69, 9.17) is 9.84 Å². The van der Waals surface area contributed by atoms with Gasteiger partial charge in [0.1, 0.15) is 17.3 Å². The van der Waals surface area contributed by atoms with Gasteiger partial charge in [0.15, 0.2) is 0 Å². The lowest BCUT2D eigenvalue weighted by atomic mass is 10.0. The molecule has 3 nitrogen and oxygen atoms in total. The highest BCUT2D eigenvalue weighted by Gasteiger charge is 2.12. The molecule has 0 fully saturated rings. The van der Waals surface area contributed by atoms with Crippen LogP contribution in [0.2, 0.25) is 0 Å². The van der Waals surface area contributed by atoms with Crippen molar-refractivity contribution in [2.75, 3.05) is 5.75 Å². The molecule has 3 rings (SSSR count). The van der Waals surface area contributed by atoms with E-state index in [1.807, 2.05) is 24.3 Å². The van der Waals surface area contributed by atoms with Crippen molar-refractivity contribution in [1.82, 2.24) is 0 Å².